The summed E-state index contributed by atoms with van der Waals surface area (Å²) in [7, 11) is -3.82. The minimum absolute atomic E-state index is 0.0158. The van der Waals surface area contributed by atoms with Gasteiger partial charge in [-0.15, -0.1) is 0 Å². The molecule has 0 radical (unpaired) electrons. The highest BCUT2D eigenvalue weighted by molar-refractivity contribution is 7.95. The van der Waals surface area contributed by atoms with E-state index in [1.54, 1.807) is 13.0 Å². The second-order valence-electron chi connectivity index (χ2n) is 7.85. The third kappa shape index (κ3) is 4.07. The van der Waals surface area contributed by atoms with Crippen LogP contribution in [0.4, 0.5) is 19.0 Å². The van der Waals surface area contributed by atoms with Gasteiger partial charge in [-0.25, -0.2) is 13.1 Å². The molecule has 0 spiro atoms. The van der Waals surface area contributed by atoms with Crippen LogP contribution in [0.15, 0.2) is 34.9 Å². The van der Waals surface area contributed by atoms with E-state index in [9.17, 15) is 21.6 Å². The summed E-state index contributed by atoms with van der Waals surface area (Å²) in [6.07, 6.45) is -1.07. The number of halogens is 5. The van der Waals surface area contributed by atoms with Crippen LogP contribution in [-0.4, -0.2) is 23.4 Å². The summed E-state index contributed by atoms with van der Waals surface area (Å²) in [6, 6.07) is 4.32. The van der Waals surface area contributed by atoms with E-state index in [0.29, 0.717) is 18.4 Å². The molecule has 1 aliphatic heterocycles. The monoisotopic (exact) mass is 493 g/mol. The first kappa shape index (κ1) is 22.5. The first-order chi connectivity index (χ1) is 14.5. The van der Waals surface area contributed by atoms with Crippen LogP contribution in [0.3, 0.4) is 0 Å². The Morgan fingerprint density at radius 2 is 1.77 bits per heavy atom. The molecule has 11 heteroatoms. The number of allylic oxidation sites excluding steroid dienone is 2. The summed E-state index contributed by atoms with van der Waals surface area (Å²) >= 11 is 12.2. The number of nitrogens with one attached hydrogen (secondary N) is 1. The molecule has 1 saturated carbocycles. The number of nitrogens with zero attached hydrogens (tertiary/aromatic N) is 2. The fraction of sp³-hybridized carbons (Fsp3) is 0.450. The van der Waals surface area contributed by atoms with Gasteiger partial charge < -0.3 is 5.32 Å². The van der Waals surface area contributed by atoms with Crippen LogP contribution < -0.4 is 5.32 Å². The van der Waals surface area contributed by atoms with Crippen LogP contribution in [0.5, 0.6) is 0 Å². The maximum absolute atomic E-state index is 13.7. The largest absolute Gasteiger partial charge is 0.435 e. The maximum Gasteiger partial charge on any atom is 0.435 e. The molecule has 1 aliphatic carbocycles. The lowest BCUT2D eigenvalue weighted by molar-refractivity contribution is -0.141. The van der Waals surface area contributed by atoms with Crippen molar-refractivity contribution in [1.29, 1.82) is 0 Å². The van der Waals surface area contributed by atoms with Gasteiger partial charge in [-0.3, -0.25) is 0 Å². The van der Waals surface area contributed by atoms with Gasteiger partial charge in [0.15, 0.2) is 15.5 Å². The number of hydrogen-bond donors (Lipinski definition) is 1. The molecule has 4 rings (SSSR count). The standard InChI is InChI=1S/C20H20Cl2F3N3O2S/c1-11-19(31(29,30)13-5-3-2-4-6-13)18(12-7-8-14(21)15(22)9-12)28-17(26-11)10-16(27-28)20(23,24)25/h7-10,13,18,26H,2-6H2,1H3. The average Bonchev–Trinajstić information content (AvgIpc) is 3.14. The zero-order chi connectivity index (χ0) is 22.6. The highest BCUT2D eigenvalue weighted by Gasteiger charge is 2.43. The fourth-order valence-corrected chi connectivity index (χ4v) is 6.94. The number of sulfone groups is 1. The van der Waals surface area contributed by atoms with Crippen LogP contribution in [0, 0.1) is 0 Å². The molecule has 1 aromatic heterocycles. The third-order valence-electron chi connectivity index (χ3n) is 5.76. The van der Waals surface area contributed by atoms with Crippen molar-refractivity contribution >= 4 is 38.9 Å². The summed E-state index contributed by atoms with van der Waals surface area (Å²) in [5.74, 6) is 0.0588. The predicted octanol–water partition coefficient (Wildman–Crippen LogP) is 6.20. The van der Waals surface area contributed by atoms with Crippen molar-refractivity contribution in [2.24, 2.45) is 0 Å². The second kappa shape index (κ2) is 8.01. The summed E-state index contributed by atoms with van der Waals surface area (Å²) in [5, 5.41) is 6.39. The highest BCUT2D eigenvalue weighted by Crippen LogP contribution is 2.44. The zero-order valence-corrected chi connectivity index (χ0v) is 18.8. The van der Waals surface area contributed by atoms with E-state index in [4.69, 9.17) is 23.2 Å². The smallest absolute Gasteiger partial charge is 0.343 e. The molecule has 0 bridgehead atoms. The molecule has 1 fully saturated rings. The van der Waals surface area contributed by atoms with E-state index in [1.807, 2.05) is 0 Å². The Hall–Kier alpha value is -1.71. The van der Waals surface area contributed by atoms with Crippen molar-refractivity contribution in [1.82, 2.24) is 9.78 Å². The van der Waals surface area contributed by atoms with Crippen molar-refractivity contribution in [3.8, 4) is 0 Å². The van der Waals surface area contributed by atoms with E-state index in [-0.39, 0.29) is 26.5 Å². The first-order valence-electron chi connectivity index (χ1n) is 9.83. The number of anilines is 1. The lowest BCUT2D eigenvalue weighted by atomic mass is 10.0. The van der Waals surface area contributed by atoms with Crippen molar-refractivity contribution in [3.05, 3.63) is 56.2 Å². The molecule has 1 aromatic carbocycles. The zero-order valence-electron chi connectivity index (χ0n) is 16.5. The normalized spacial score (nSPS) is 20.5. The van der Waals surface area contributed by atoms with Gasteiger partial charge in [0.2, 0.25) is 0 Å². The number of benzene rings is 1. The summed E-state index contributed by atoms with van der Waals surface area (Å²) in [4.78, 5) is 0.0158. The van der Waals surface area contributed by atoms with Crippen molar-refractivity contribution in [2.45, 2.75) is 56.5 Å². The van der Waals surface area contributed by atoms with Crippen LogP contribution in [0.2, 0.25) is 10.0 Å². The molecule has 2 aromatic rings. The number of rotatable bonds is 3. The molecule has 168 valence electrons. The molecule has 1 N–H and O–H groups in total. The number of hydrogen-bond acceptors (Lipinski definition) is 4. The van der Waals surface area contributed by atoms with Gasteiger partial charge in [0.05, 0.1) is 20.2 Å². The Bertz CT molecular complexity index is 1150. The van der Waals surface area contributed by atoms with Crippen LogP contribution in [0.25, 0.3) is 0 Å². The van der Waals surface area contributed by atoms with E-state index in [1.165, 1.54) is 12.1 Å². The lowest BCUT2D eigenvalue weighted by Crippen LogP contribution is -2.34. The molecule has 0 amide bonds. The van der Waals surface area contributed by atoms with Gasteiger partial charge in [0.25, 0.3) is 0 Å². The first-order valence-corrected chi connectivity index (χ1v) is 12.1. The van der Waals surface area contributed by atoms with Crippen LogP contribution in [0.1, 0.15) is 56.3 Å². The van der Waals surface area contributed by atoms with E-state index < -0.39 is 33.0 Å². The topological polar surface area (TPSA) is 64.0 Å². The molecule has 1 atom stereocenters. The van der Waals surface area contributed by atoms with Gasteiger partial charge in [-0.1, -0.05) is 48.5 Å². The van der Waals surface area contributed by atoms with Crippen molar-refractivity contribution in [2.75, 3.05) is 5.32 Å². The maximum atomic E-state index is 13.7. The van der Waals surface area contributed by atoms with E-state index in [0.717, 1.165) is 30.0 Å². The fourth-order valence-electron chi connectivity index (χ4n) is 4.29. The lowest BCUT2D eigenvalue weighted by Gasteiger charge is -2.33. The summed E-state index contributed by atoms with van der Waals surface area (Å²) in [6.45, 7) is 1.56. The van der Waals surface area contributed by atoms with Gasteiger partial charge in [-0.05, 0) is 37.5 Å². The molecule has 2 heterocycles. The minimum atomic E-state index is -4.68. The number of fused-ring (bicyclic) bond motifs is 1. The highest BCUT2D eigenvalue weighted by atomic mass is 35.5. The van der Waals surface area contributed by atoms with Crippen LogP contribution in [-0.2, 0) is 16.0 Å². The summed E-state index contributed by atoms with van der Waals surface area (Å²) < 4.78 is 68.5. The second-order valence-corrected chi connectivity index (χ2v) is 10.9. The number of alkyl halides is 3. The van der Waals surface area contributed by atoms with Gasteiger partial charge >= 0.3 is 6.18 Å². The quantitative estimate of drug-likeness (QED) is 0.552. The molecular weight excluding hydrogens is 474 g/mol. The Kier molecular flexibility index (Phi) is 5.81. The average molecular weight is 494 g/mol. The van der Waals surface area contributed by atoms with Gasteiger partial charge in [-0.2, -0.15) is 18.3 Å². The van der Waals surface area contributed by atoms with Crippen LogP contribution >= 0.6 is 23.2 Å². The SMILES string of the molecule is CC1=C(S(=O)(=O)C2CCCCC2)C(c2ccc(Cl)c(Cl)c2)n2nc(C(F)(F)F)cc2N1. The Labute approximate surface area is 188 Å². The number of aromatic nitrogens is 2. The molecule has 2 aliphatic rings. The van der Waals surface area contributed by atoms with Gasteiger partial charge in [0, 0.05) is 11.8 Å². The molecular formula is C20H20Cl2F3N3O2S. The van der Waals surface area contributed by atoms with Crippen molar-refractivity contribution < 1.29 is 21.6 Å². The molecule has 31 heavy (non-hydrogen) atoms. The predicted molar refractivity (Wildman–Crippen MR) is 114 cm³/mol. The van der Waals surface area contributed by atoms with E-state index in [2.05, 4.69) is 10.4 Å². The molecule has 0 saturated heterocycles. The molecule has 1 unspecified atom stereocenters. The van der Waals surface area contributed by atoms with Crippen molar-refractivity contribution in [3.63, 3.8) is 0 Å². The Morgan fingerprint density at radius 1 is 1.10 bits per heavy atom. The van der Waals surface area contributed by atoms with E-state index >= 15 is 0 Å². The third-order valence-corrected chi connectivity index (χ3v) is 8.99. The minimum Gasteiger partial charge on any atom is -0.343 e. The Balaban J connectivity index is 1.91. The summed E-state index contributed by atoms with van der Waals surface area (Å²) in [5.41, 5.74) is -0.436. The molecule has 5 nitrogen and oxygen atoms in total. The van der Waals surface area contributed by atoms with Gasteiger partial charge in [0.1, 0.15) is 11.9 Å². The Morgan fingerprint density at radius 3 is 2.39 bits per heavy atom.